The number of hydrogen-bond acceptors (Lipinski definition) is 4. The van der Waals surface area contributed by atoms with E-state index in [1.807, 2.05) is 42.5 Å². The standard InChI is InChI=1S/C38H30Cl2N4O3S/c1-2-44-34-11-7-6-10-30(34)31-22-28(16-19-35(31)44)41-36(45)23-48-29-17-14-27(15-18-29)42-38(47)33(20-25-12-13-26(39)21-32(25)40)43-37(46)24-8-4-3-5-9-24/h3-22H,2,23H2,1H3,(H,41,45)(H,42,47)(H,43,46)/b33-20-. The lowest BCUT2D eigenvalue weighted by atomic mass is 10.1. The predicted octanol–water partition coefficient (Wildman–Crippen LogP) is 9.26. The molecule has 3 amide bonds. The predicted molar refractivity (Wildman–Crippen MR) is 198 cm³/mol. The van der Waals surface area contributed by atoms with Gasteiger partial charge in [0.2, 0.25) is 5.91 Å². The zero-order chi connectivity index (χ0) is 33.6. The van der Waals surface area contributed by atoms with Gasteiger partial charge in [0.1, 0.15) is 5.70 Å². The zero-order valence-electron chi connectivity index (χ0n) is 25.8. The molecule has 3 N–H and O–H groups in total. The Morgan fingerprint density at radius 2 is 1.46 bits per heavy atom. The fraction of sp³-hybridized carbons (Fsp3) is 0.0789. The monoisotopic (exact) mass is 692 g/mol. The maximum Gasteiger partial charge on any atom is 0.272 e. The lowest BCUT2D eigenvalue weighted by molar-refractivity contribution is -0.114. The fourth-order valence-corrected chi connectivity index (χ4v) is 6.53. The number of benzene rings is 5. The molecule has 0 atom stereocenters. The Labute approximate surface area is 291 Å². The van der Waals surface area contributed by atoms with Gasteiger partial charge in [0, 0.05) is 60.2 Å². The average Bonchev–Trinajstić information content (AvgIpc) is 3.42. The summed E-state index contributed by atoms with van der Waals surface area (Å²) in [6.07, 6.45) is 1.50. The Hall–Kier alpha value is -5.02. The molecular formula is C38H30Cl2N4O3S. The number of anilines is 2. The van der Waals surface area contributed by atoms with Gasteiger partial charge < -0.3 is 20.5 Å². The summed E-state index contributed by atoms with van der Waals surface area (Å²) in [5.41, 5.74) is 4.46. The summed E-state index contributed by atoms with van der Waals surface area (Å²) in [5, 5.41) is 11.6. The number of aryl methyl sites for hydroxylation is 1. The third-order valence-electron chi connectivity index (χ3n) is 7.65. The van der Waals surface area contributed by atoms with Gasteiger partial charge in [-0.1, -0.05) is 65.7 Å². The van der Waals surface area contributed by atoms with Crippen molar-refractivity contribution >= 4 is 91.9 Å². The van der Waals surface area contributed by atoms with E-state index in [2.05, 4.69) is 39.6 Å². The van der Waals surface area contributed by atoms with Gasteiger partial charge in [0.25, 0.3) is 11.8 Å². The number of carbonyl (C=O) groups excluding carboxylic acids is 3. The first-order valence-corrected chi connectivity index (χ1v) is 16.9. The van der Waals surface area contributed by atoms with E-state index in [9.17, 15) is 14.4 Å². The number of nitrogens with one attached hydrogen (secondary N) is 3. The van der Waals surface area contributed by atoms with Gasteiger partial charge in [-0.3, -0.25) is 14.4 Å². The highest BCUT2D eigenvalue weighted by Crippen LogP contribution is 2.31. The van der Waals surface area contributed by atoms with E-state index in [1.165, 1.54) is 23.4 Å². The van der Waals surface area contributed by atoms with E-state index in [0.29, 0.717) is 26.9 Å². The first kappa shape index (κ1) is 32.9. The van der Waals surface area contributed by atoms with Gasteiger partial charge in [0.15, 0.2) is 0 Å². The van der Waals surface area contributed by atoms with Crippen LogP contribution in [0.2, 0.25) is 10.0 Å². The molecule has 7 nitrogen and oxygen atoms in total. The lowest BCUT2D eigenvalue weighted by Gasteiger charge is -2.12. The highest BCUT2D eigenvalue weighted by Gasteiger charge is 2.16. The van der Waals surface area contributed by atoms with Crippen molar-refractivity contribution in [2.45, 2.75) is 18.4 Å². The molecule has 0 saturated carbocycles. The minimum absolute atomic E-state index is 0.000596. The van der Waals surface area contributed by atoms with Crippen LogP contribution in [-0.2, 0) is 16.1 Å². The van der Waals surface area contributed by atoms with E-state index < -0.39 is 11.8 Å². The SMILES string of the molecule is CCn1c2ccccc2c2cc(NC(=O)CSc3ccc(NC(=O)/C(=C/c4ccc(Cl)cc4Cl)NC(=O)c4ccccc4)cc3)ccc21. The van der Waals surface area contributed by atoms with Crippen LogP contribution in [0, 0.1) is 0 Å². The van der Waals surface area contributed by atoms with Gasteiger partial charge in [-0.25, -0.2) is 0 Å². The average molecular weight is 694 g/mol. The number of fused-ring (bicyclic) bond motifs is 3. The Morgan fingerprint density at radius 3 is 2.21 bits per heavy atom. The van der Waals surface area contributed by atoms with Gasteiger partial charge in [-0.2, -0.15) is 0 Å². The summed E-state index contributed by atoms with van der Waals surface area (Å²) in [5.74, 6) is -0.898. The second-order valence-corrected chi connectivity index (χ2v) is 12.7. The van der Waals surface area contributed by atoms with Crippen molar-refractivity contribution in [1.29, 1.82) is 0 Å². The van der Waals surface area contributed by atoms with Crippen LogP contribution in [0.25, 0.3) is 27.9 Å². The second kappa shape index (κ2) is 14.8. The Balaban J connectivity index is 1.10. The van der Waals surface area contributed by atoms with Crippen LogP contribution < -0.4 is 16.0 Å². The Kier molecular flexibility index (Phi) is 10.2. The summed E-state index contributed by atoms with van der Waals surface area (Å²) in [6, 6.07) is 34.9. The minimum Gasteiger partial charge on any atom is -0.341 e. The molecule has 48 heavy (non-hydrogen) atoms. The summed E-state index contributed by atoms with van der Waals surface area (Å²) < 4.78 is 2.27. The first-order valence-electron chi connectivity index (χ1n) is 15.2. The third-order valence-corrected chi connectivity index (χ3v) is 9.22. The molecule has 1 aromatic heterocycles. The highest BCUT2D eigenvalue weighted by atomic mass is 35.5. The maximum atomic E-state index is 13.4. The quantitative estimate of drug-likeness (QED) is 0.0986. The number of aromatic nitrogens is 1. The van der Waals surface area contributed by atoms with Crippen molar-refractivity contribution in [2.24, 2.45) is 0 Å². The number of rotatable bonds is 10. The molecule has 6 rings (SSSR count). The van der Waals surface area contributed by atoms with Crippen molar-refractivity contribution < 1.29 is 14.4 Å². The molecule has 0 aliphatic carbocycles. The van der Waals surface area contributed by atoms with Crippen LogP contribution in [-0.4, -0.2) is 28.0 Å². The topological polar surface area (TPSA) is 92.2 Å². The highest BCUT2D eigenvalue weighted by molar-refractivity contribution is 8.00. The number of thioether (sulfide) groups is 1. The van der Waals surface area contributed by atoms with Gasteiger partial charge in [0.05, 0.1) is 5.75 Å². The third kappa shape index (κ3) is 7.58. The van der Waals surface area contributed by atoms with Gasteiger partial charge in [-0.15, -0.1) is 11.8 Å². The first-order chi connectivity index (χ1) is 23.3. The minimum atomic E-state index is -0.538. The van der Waals surface area contributed by atoms with E-state index >= 15 is 0 Å². The van der Waals surface area contributed by atoms with Crippen LogP contribution >= 0.6 is 35.0 Å². The molecule has 5 aromatic carbocycles. The molecule has 0 unspecified atom stereocenters. The Bertz CT molecular complexity index is 2180. The fourth-order valence-electron chi connectivity index (χ4n) is 5.37. The number of nitrogens with zero attached hydrogens (tertiary/aromatic N) is 1. The number of hydrogen-bond donors (Lipinski definition) is 3. The van der Waals surface area contributed by atoms with Crippen molar-refractivity contribution in [3.63, 3.8) is 0 Å². The number of para-hydroxylation sites is 1. The van der Waals surface area contributed by atoms with Crippen LogP contribution in [0.5, 0.6) is 0 Å². The smallest absolute Gasteiger partial charge is 0.272 e. The van der Waals surface area contributed by atoms with Gasteiger partial charge in [-0.05, 0) is 91.4 Å². The molecule has 10 heteroatoms. The van der Waals surface area contributed by atoms with Crippen molar-refractivity contribution in [2.75, 3.05) is 16.4 Å². The summed E-state index contributed by atoms with van der Waals surface area (Å²) in [6.45, 7) is 2.98. The summed E-state index contributed by atoms with van der Waals surface area (Å²) >= 11 is 13.8. The van der Waals surface area contributed by atoms with Crippen LogP contribution in [0.3, 0.4) is 0 Å². The molecule has 0 aliphatic rings. The van der Waals surface area contributed by atoms with Crippen molar-refractivity contribution in [3.8, 4) is 0 Å². The molecule has 0 fully saturated rings. The van der Waals surface area contributed by atoms with E-state index in [0.717, 1.165) is 33.4 Å². The van der Waals surface area contributed by atoms with E-state index in [-0.39, 0.29) is 17.4 Å². The maximum absolute atomic E-state index is 13.4. The lowest BCUT2D eigenvalue weighted by Crippen LogP contribution is -2.30. The number of carbonyl (C=O) groups is 3. The van der Waals surface area contributed by atoms with E-state index in [1.54, 1.807) is 60.7 Å². The Morgan fingerprint density at radius 1 is 0.750 bits per heavy atom. The normalized spacial score (nSPS) is 11.4. The zero-order valence-corrected chi connectivity index (χ0v) is 28.1. The molecular weight excluding hydrogens is 663 g/mol. The molecule has 0 radical (unpaired) electrons. The van der Waals surface area contributed by atoms with Crippen LogP contribution in [0.4, 0.5) is 11.4 Å². The second-order valence-electron chi connectivity index (χ2n) is 10.9. The molecule has 6 aromatic rings. The van der Waals surface area contributed by atoms with Crippen LogP contribution in [0.15, 0.2) is 126 Å². The van der Waals surface area contributed by atoms with Gasteiger partial charge >= 0.3 is 0 Å². The molecule has 240 valence electrons. The molecule has 0 aliphatic heterocycles. The summed E-state index contributed by atoms with van der Waals surface area (Å²) in [4.78, 5) is 40.0. The van der Waals surface area contributed by atoms with Crippen molar-refractivity contribution in [1.82, 2.24) is 9.88 Å². The number of amides is 3. The number of halogens is 2. The molecule has 1 heterocycles. The largest absolute Gasteiger partial charge is 0.341 e. The molecule has 0 spiro atoms. The van der Waals surface area contributed by atoms with E-state index in [4.69, 9.17) is 23.2 Å². The molecule has 0 saturated heterocycles. The van der Waals surface area contributed by atoms with Crippen LogP contribution in [0.1, 0.15) is 22.8 Å². The summed E-state index contributed by atoms with van der Waals surface area (Å²) in [7, 11) is 0. The van der Waals surface area contributed by atoms with Crippen molar-refractivity contribution in [3.05, 3.63) is 142 Å². The molecule has 0 bridgehead atoms.